The van der Waals surface area contributed by atoms with Crippen LogP contribution in [0.2, 0.25) is 5.02 Å². The van der Waals surface area contributed by atoms with E-state index in [0.717, 1.165) is 11.3 Å². The molecule has 0 spiro atoms. The normalized spacial score (nSPS) is 15.7. The number of nitrogens with zero attached hydrogens (tertiary/aromatic N) is 3. The van der Waals surface area contributed by atoms with Gasteiger partial charge in [-0.3, -0.25) is 9.59 Å². The minimum atomic E-state index is -0.349. The van der Waals surface area contributed by atoms with E-state index >= 15 is 0 Å². The molecule has 33 heavy (non-hydrogen) atoms. The second-order valence-electron chi connectivity index (χ2n) is 7.74. The van der Waals surface area contributed by atoms with E-state index in [0.29, 0.717) is 46.8 Å². The van der Waals surface area contributed by atoms with E-state index in [4.69, 9.17) is 16.3 Å². The summed E-state index contributed by atoms with van der Waals surface area (Å²) in [6.07, 6.45) is 1.12. The molecule has 172 valence electrons. The van der Waals surface area contributed by atoms with E-state index in [1.807, 2.05) is 19.1 Å². The molecule has 1 fully saturated rings. The van der Waals surface area contributed by atoms with Crippen molar-refractivity contribution in [3.05, 3.63) is 63.9 Å². The van der Waals surface area contributed by atoms with Crippen LogP contribution in [0.5, 0.6) is 5.75 Å². The highest BCUT2D eigenvalue weighted by Gasteiger charge is 2.34. The van der Waals surface area contributed by atoms with E-state index in [1.165, 1.54) is 23.5 Å². The number of rotatable bonds is 8. The number of benzene rings is 2. The molecule has 1 aromatic heterocycles. The third-order valence-corrected chi connectivity index (χ3v) is 6.48. The van der Waals surface area contributed by atoms with Gasteiger partial charge in [0.05, 0.1) is 6.61 Å². The van der Waals surface area contributed by atoms with Gasteiger partial charge >= 0.3 is 0 Å². The van der Waals surface area contributed by atoms with Crippen molar-refractivity contribution < 1.29 is 18.7 Å². The summed E-state index contributed by atoms with van der Waals surface area (Å²) in [6.45, 7) is 2.76. The standard InChI is InChI=1S/C23H22ClFN4O3S/c1-14-11-16(24)4-9-19(14)32-10-2-3-20(30)26-23-28-27-22(33-23)15-12-21(31)29(13-15)18-7-5-17(25)6-8-18/h4-9,11,15H,2-3,10,12-13H2,1H3,(H,26,28,30). The highest BCUT2D eigenvalue weighted by molar-refractivity contribution is 7.15. The van der Waals surface area contributed by atoms with Gasteiger partial charge < -0.3 is 15.0 Å². The number of aromatic nitrogens is 2. The number of carbonyl (C=O) groups is 2. The monoisotopic (exact) mass is 488 g/mol. The van der Waals surface area contributed by atoms with E-state index in [2.05, 4.69) is 15.5 Å². The Morgan fingerprint density at radius 2 is 2.06 bits per heavy atom. The molecule has 0 bridgehead atoms. The Hall–Kier alpha value is -3.04. The van der Waals surface area contributed by atoms with Crippen molar-refractivity contribution in [2.24, 2.45) is 0 Å². The maximum atomic E-state index is 13.2. The van der Waals surface area contributed by atoms with E-state index in [1.54, 1.807) is 23.1 Å². The summed E-state index contributed by atoms with van der Waals surface area (Å²) in [5, 5.41) is 12.7. The second-order valence-corrected chi connectivity index (χ2v) is 9.18. The molecule has 2 amide bonds. The van der Waals surface area contributed by atoms with Gasteiger partial charge in [0.15, 0.2) is 0 Å². The molecule has 1 atom stereocenters. The van der Waals surface area contributed by atoms with Crippen molar-refractivity contribution in [3.63, 3.8) is 0 Å². The predicted molar refractivity (Wildman–Crippen MR) is 126 cm³/mol. The van der Waals surface area contributed by atoms with Crippen LogP contribution in [0, 0.1) is 12.7 Å². The first-order valence-electron chi connectivity index (χ1n) is 10.5. The summed E-state index contributed by atoms with van der Waals surface area (Å²) >= 11 is 7.20. The van der Waals surface area contributed by atoms with Crippen molar-refractivity contribution in [2.45, 2.75) is 32.1 Å². The molecule has 4 rings (SSSR count). The van der Waals surface area contributed by atoms with Crippen LogP contribution in [-0.2, 0) is 9.59 Å². The molecule has 1 aliphatic heterocycles. The maximum absolute atomic E-state index is 13.2. The quantitative estimate of drug-likeness (QED) is 0.453. The first-order chi connectivity index (χ1) is 15.9. The molecule has 7 nitrogen and oxygen atoms in total. The second kappa shape index (κ2) is 10.3. The van der Waals surface area contributed by atoms with Gasteiger partial charge in [0.25, 0.3) is 0 Å². The van der Waals surface area contributed by atoms with Gasteiger partial charge in [-0.25, -0.2) is 4.39 Å². The number of amides is 2. The molecule has 0 radical (unpaired) electrons. The molecular formula is C23H22ClFN4O3S. The molecule has 1 N–H and O–H groups in total. The van der Waals surface area contributed by atoms with Gasteiger partial charge in [0, 0.05) is 36.0 Å². The van der Waals surface area contributed by atoms with Crippen LogP contribution >= 0.6 is 22.9 Å². The van der Waals surface area contributed by atoms with E-state index in [-0.39, 0.29) is 30.0 Å². The van der Waals surface area contributed by atoms with Crippen LogP contribution < -0.4 is 15.0 Å². The lowest BCUT2D eigenvalue weighted by Crippen LogP contribution is -2.24. The molecule has 1 unspecified atom stereocenters. The predicted octanol–water partition coefficient (Wildman–Crippen LogP) is 4.96. The summed E-state index contributed by atoms with van der Waals surface area (Å²) in [5.74, 6) is 0.0436. The molecule has 2 heterocycles. The number of ether oxygens (including phenoxy) is 1. The Kier molecular flexibility index (Phi) is 7.20. The third-order valence-electron chi connectivity index (χ3n) is 5.24. The number of carbonyl (C=O) groups excluding carboxylic acids is 2. The largest absolute Gasteiger partial charge is 0.493 e. The van der Waals surface area contributed by atoms with Crippen molar-refractivity contribution >= 4 is 45.6 Å². The van der Waals surface area contributed by atoms with Gasteiger partial charge in [0.2, 0.25) is 16.9 Å². The third kappa shape index (κ3) is 5.85. The Bertz CT molecular complexity index is 1150. The number of hydrogen-bond donors (Lipinski definition) is 1. The molecular weight excluding hydrogens is 467 g/mol. The topological polar surface area (TPSA) is 84.4 Å². The number of nitrogens with one attached hydrogen (secondary N) is 1. The summed E-state index contributed by atoms with van der Waals surface area (Å²) in [6, 6.07) is 11.2. The average Bonchev–Trinajstić information content (AvgIpc) is 3.39. The minimum Gasteiger partial charge on any atom is -0.493 e. The van der Waals surface area contributed by atoms with Crippen LogP contribution in [0.25, 0.3) is 0 Å². The van der Waals surface area contributed by atoms with Crippen LogP contribution in [0.4, 0.5) is 15.2 Å². The summed E-state index contributed by atoms with van der Waals surface area (Å²) in [4.78, 5) is 26.3. The Morgan fingerprint density at radius 3 is 2.82 bits per heavy atom. The smallest absolute Gasteiger partial charge is 0.227 e. The highest BCUT2D eigenvalue weighted by atomic mass is 35.5. The zero-order chi connectivity index (χ0) is 23.4. The molecule has 1 aliphatic rings. The van der Waals surface area contributed by atoms with Crippen LogP contribution in [0.3, 0.4) is 0 Å². The lowest BCUT2D eigenvalue weighted by molar-refractivity contribution is -0.117. The Labute approximate surface area is 199 Å². The van der Waals surface area contributed by atoms with Gasteiger partial charge in [-0.1, -0.05) is 22.9 Å². The minimum absolute atomic E-state index is 0.0525. The molecule has 2 aromatic carbocycles. The van der Waals surface area contributed by atoms with Crippen molar-refractivity contribution in [3.8, 4) is 5.75 Å². The van der Waals surface area contributed by atoms with Crippen LogP contribution in [0.1, 0.15) is 35.8 Å². The zero-order valence-electron chi connectivity index (χ0n) is 17.9. The van der Waals surface area contributed by atoms with E-state index in [9.17, 15) is 14.0 Å². The van der Waals surface area contributed by atoms with Crippen molar-refractivity contribution in [2.75, 3.05) is 23.4 Å². The average molecular weight is 489 g/mol. The fourth-order valence-electron chi connectivity index (χ4n) is 3.57. The Morgan fingerprint density at radius 1 is 1.27 bits per heavy atom. The number of halogens is 2. The molecule has 3 aromatic rings. The number of anilines is 2. The SMILES string of the molecule is Cc1cc(Cl)ccc1OCCCC(=O)Nc1nnc(C2CC(=O)N(c3ccc(F)cc3)C2)s1. The van der Waals surface area contributed by atoms with Crippen LogP contribution in [0.15, 0.2) is 42.5 Å². The summed E-state index contributed by atoms with van der Waals surface area (Å²) in [5.41, 5.74) is 1.59. The lowest BCUT2D eigenvalue weighted by atomic mass is 10.1. The van der Waals surface area contributed by atoms with Gasteiger partial charge in [-0.15, -0.1) is 10.2 Å². The van der Waals surface area contributed by atoms with Gasteiger partial charge in [-0.2, -0.15) is 0 Å². The molecule has 10 heteroatoms. The van der Waals surface area contributed by atoms with Crippen molar-refractivity contribution in [1.82, 2.24) is 10.2 Å². The summed E-state index contributed by atoms with van der Waals surface area (Å²) < 4.78 is 18.9. The maximum Gasteiger partial charge on any atom is 0.227 e. The molecule has 0 aliphatic carbocycles. The molecule has 0 saturated carbocycles. The van der Waals surface area contributed by atoms with Gasteiger partial charge in [-0.05, 0) is 61.4 Å². The van der Waals surface area contributed by atoms with Crippen molar-refractivity contribution in [1.29, 1.82) is 0 Å². The fourth-order valence-corrected chi connectivity index (χ4v) is 4.64. The zero-order valence-corrected chi connectivity index (χ0v) is 19.5. The summed E-state index contributed by atoms with van der Waals surface area (Å²) in [7, 11) is 0. The first-order valence-corrected chi connectivity index (χ1v) is 11.7. The van der Waals surface area contributed by atoms with E-state index < -0.39 is 0 Å². The first kappa shape index (κ1) is 23.1. The number of hydrogen-bond acceptors (Lipinski definition) is 6. The lowest BCUT2D eigenvalue weighted by Gasteiger charge is -2.16. The van der Waals surface area contributed by atoms with Crippen LogP contribution in [-0.4, -0.2) is 35.2 Å². The fraction of sp³-hybridized carbons (Fsp3) is 0.304. The highest BCUT2D eigenvalue weighted by Crippen LogP contribution is 2.34. The van der Waals surface area contributed by atoms with Gasteiger partial charge in [0.1, 0.15) is 16.6 Å². The Balaban J connectivity index is 1.25. The number of aryl methyl sites for hydroxylation is 1. The molecule has 1 saturated heterocycles.